The molecule has 3 N–H and O–H groups in total. The third-order valence-electron chi connectivity index (χ3n) is 5.90. The molecular weight excluding hydrogens is 492 g/mol. The minimum Gasteiger partial charge on any atom is -0.495 e. The highest BCUT2D eigenvalue weighted by atomic mass is 35.5. The predicted molar refractivity (Wildman–Crippen MR) is 146 cm³/mol. The van der Waals surface area contributed by atoms with Crippen molar-refractivity contribution in [1.29, 1.82) is 0 Å². The highest BCUT2D eigenvalue weighted by molar-refractivity contribution is 6.33. The second-order valence-electron chi connectivity index (χ2n) is 8.90. The van der Waals surface area contributed by atoms with Crippen LogP contribution in [-0.2, 0) is 6.61 Å². The van der Waals surface area contributed by atoms with Crippen molar-refractivity contribution in [2.75, 3.05) is 30.9 Å². The monoisotopic (exact) mass is 522 g/mol. The van der Waals surface area contributed by atoms with E-state index in [1.807, 2.05) is 6.07 Å². The molecule has 1 aliphatic heterocycles. The number of halogens is 1. The minimum absolute atomic E-state index is 0.120. The number of allylic oxidation sites excluding steroid dienone is 1. The largest absolute Gasteiger partial charge is 0.495 e. The highest BCUT2D eigenvalue weighted by Gasteiger charge is 2.17. The average molecular weight is 523 g/mol. The number of ether oxygens (including phenoxy) is 2. The molecule has 1 atom stereocenters. The number of carbonyl (C=O) groups is 1. The summed E-state index contributed by atoms with van der Waals surface area (Å²) in [6, 6.07) is 9.83. The molecule has 3 aromatic rings. The number of anilines is 3. The Hall–Kier alpha value is -3.98. The van der Waals surface area contributed by atoms with E-state index in [1.54, 1.807) is 31.6 Å². The van der Waals surface area contributed by atoms with Crippen LogP contribution in [0, 0.1) is 6.92 Å². The summed E-state index contributed by atoms with van der Waals surface area (Å²) in [4.78, 5) is 23.1. The van der Waals surface area contributed by atoms with Gasteiger partial charge in [0.25, 0.3) is 5.91 Å². The van der Waals surface area contributed by atoms with Gasteiger partial charge in [0.2, 0.25) is 5.95 Å². The van der Waals surface area contributed by atoms with Crippen molar-refractivity contribution >= 4 is 34.8 Å². The second-order valence-corrected chi connectivity index (χ2v) is 9.28. The van der Waals surface area contributed by atoms with Crippen LogP contribution in [0.3, 0.4) is 0 Å². The van der Waals surface area contributed by atoms with Gasteiger partial charge >= 0.3 is 0 Å². The van der Waals surface area contributed by atoms with Crippen LogP contribution in [0.2, 0.25) is 5.02 Å². The number of nitrogens with zero attached hydrogens (tertiary/aromatic N) is 3. The van der Waals surface area contributed by atoms with Crippen LogP contribution in [0.15, 0.2) is 54.6 Å². The Morgan fingerprint density at radius 1 is 1.22 bits per heavy atom. The summed E-state index contributed by atoms with van der Waals surface area (Å²) < 4.78 is 11.1. The number of benzene rings is 2. The molecule has 1 aromatic heterocycles. The Balaban J connectivity index is 1.41. The molecule has 0 unspecified atom stereocenters. The summed E-state index contributed by atoms with van der Waals surface area (Å²) in [5.41, 5.74) is 5.40. The Morgan fingerprint density at radius 3 is 2.62 bits per heavy atom. The molecule has 2 aromatic carbocycles. The van der Waals surface area contributed by atoms with Gasteiger partial charge in [-0.15, -0.1) is 0 Å². The van der Waals surface area contributed by atoms with E-state index < -0.39 is 0 Å². The molecule has 0 aliphatic carbocycles. The van der Waals surface area contributed by atoms with E-state index in [2.05, 4.69) is 69.9 Å². The van der Waals surface area contributed by atoms with Crippen molar-refractivity contribution in [3.05, 3.63) is 76.3 Å². The van der Waals surface area contributed by atoms with Crippen LogP contribution in [0.1, 0.15) is 35.3 Å². The molecule has 0 radical (unpaired) electrons. The highest BCUT2D eigenvalue weighted by Crippen LogP contribution is 2.31. The van der Waals surface area contributed by atoms with Crippen molar-refractivity contribution < 1.29 is 14.3 Å². The number of rotatable bonds is 8. The van der Waals surface area contributed by atoms with Gasteiger partial charge in [0, 0.05) is 54.0 Å². The standard InChI is InChI=1S/C27H31ClN6O3/c1-16-8-21(6-7-23(16)34-13-17(2)32-18(3)14-34)33-27-30-11-22(12-31-27)37-15-20-9-19(26(35)29-4)10-24(36-5)25(20)28/h6-13,18,32H,14-15H2,1-5H3,(H,29,35)(H,30,31,33)/t18-/m0/s1. The predicted octanol–water partition coefficient (Wildman–Crippen LogP) is 4.79. The maximum atomic E-state index is 12.1. The van der Waals surface area contributed by atoms with E-state index in [0.29, 0.717) is 39.6 Å². The number of aryl methyl sites for hydroxylation is 1. The Labute approximate surface area is 221 Å². The normalized spacial score (nSPS) is 14.9. The molecule has 0 fully saturated rings. The minimum atomic E-state index is -0.243. The first kappa shape index (κ1) is 26.1. The number of hydrogen-bond acceptors (Lipinski definition) is 8. The topological polar surface area (TPSA) is 101 Å². The fraction of sp³-hybridized carbons (Fsp3) is 0.296. The van der Waals surface area contributed by atoms with Crippen molar-refractivity contribution in [2.24, 2.45) is 0 Å². The molecule has 1 amide bonds. The lowest BCUT2D eigenvalue weighted by Crippen LogP contribution is -2.41. The molecule has 9 nitrogen and oxygen atoms in total. The van der Waals surface area contributed by atoms with E-state index in [-0.39, 0.29) is 12.5 Å². The van der Waals surface area contributed by atoms with Gasteiger partial charge in [-0.3, -0.25) is 4.79 Å². The summed E-state index contributed by atoms with van der Waals surface area (Å²) >= 11 is 6.41. The van der Waals surface area contributed by atoms with Crippen molar-refractivity contribution in [3.8, 4) is 11.5 Å². The molecule has 4 rings (SSSR count). The van der Waals surface area contributed by atoms with Crippen LogP contribution >= 0.6 is 11.6 Å². The summed E-state index contributed by atoms with van der Waals surface area (Å²) in [5, 5.41) is 9.65. The Kier molecular flexibility index (Phi) is 8.03. The Morgan fingerprint density at radius 2 is 1.97 bits per heavy atom. The van der Waals surface area contributed by atoms with Gasteiger partial charge in [-0.1, -0.05) is 11.6 Å². The van der Waals surface area contributed by atoms with Crippen LogP contribution in [0.25, 0.3) is 0 Å². The lowest BCUT2D eigenvalue weighted by Gasteiger charge is -2.32. The summed E-state index contributed by atoms with van der Waals surface area (Å²) in [6.07, 6.45) is 5.30. The van der Waals surface area contributed by atoms with Crippen molar-refractivity contribution in [2.45, 2.75) is 33.4 Å². The first-order valence-corrected chi connectivity index (χ1v) is 12.3. The van der Waals surface area contributed by atoms with E-state index >= 15 is 0 Å². The molecule has 10 heteroatoms. The zero-order valence-electron chi connectivity index (χ0n) is 21.6. The zero-order chi connectivity index (χ0) is 26.5. The molecule has 0 spiro atoms. The molecule has 0 bridgehead atoms. The van der Waals surface area contributed by atoms with Crippen LogP contribution in [0.5, 0.6) is 11.5 Å². The van der Waals surface area contributed by atoms with Gasteiger partial charge in [0.15, 0.2) is 5.75 Å². The van der Waals surface area contributed by atoms with Gasteiger partial charge in [-0.2, -0.15) is 0 Å². The summed E-state index contributed by atoms with van der Waals surface area (Å²) in [5.74, 6) is 1.07. The lowest BCUT2D eigenvalue weighted by molar-refractivity contribution is 0.0962. The smallest absolute Gasteiger partial charge is 0.251 e. The third kappa shape index (κ3) is 6.24. The zero-order valence-corrected chi connectivity index (χ0v) is 22.3. The number of nitrogens with one attached hydrogen (secondary N) is 3. The second kappa shape index (κ2) is 11.4. The number of methoxy groups -OCH3 is 1. The maximum absolute atomic E-state index is 12.1. The number of carbonyl (C=O) groups excluding carboxylic acids is 1. The average Bonchev–Trinajstić information content (AvgIpc) is 2.88. The molecule has 37 heavy (non-hydrogen) atoms. The van der Waals surface area contributed by atoms with E-state index in [9.17, 15) is 4.79 Å². The van der Waals surface area contributed by atoms with Gasteiger partial charge < -0.3 is 30.3 Å². The van der Waals surface area contributed by atoms with Gasteiger partial charge in [0.05, 0.1) is 24.5 Å². The van der Waals surface area contributed by atoms with Gasteiger partial charge in [-0.25, -0.2) is 9.97 Å². The van der Waals surface area contributed by atoms with Crippen LogP contribution in [-0.4, -0.2) is 42.6 Å². The summed E-state index contributed by atoms with van der Waals surface area (Å²) in [6.45, 7) is 7.37. The fourth-order valence-electron chi connectivity index (χ4n) is 4.21. The quantitative estimate of drug-likeness (QED) is 0.388. The van der Waals surface area contributed by atoms with E-state index in [0.717, 1.165) is 23.5 Å². The van der Waals surface area contributed by atoms with E-state index in [1.165, 1.54) is 12.8 Å². The number of amides is 1. The molecular formula is C27H31ClN6O3. The first-order chi connectivity index (χ1) is 17.8. The molecule has 0 saturated carbocycles. The molecule has 0 saturated heterocycles. The molecule has 1 aliphatic rings. The Bertz CT molecular complexity index is 1310. The number of aromatic nitrogens is 2. The van der Waals surface area contributed by atoms with Gasteiger partial charge in [0.1, 0.15) is 12.4 Å². The van der Waals surface area contributed by atoms with Gasteiger partial charge in [-0.05, 0) is 56.7 Å². The van der Waals surface area contributed by atoms with Crippen molar-refractivity contribution in [1.82, 2.24) is 20.6 Å². The SMILES string of the molecule is CNC(=O)c1cc(COc2cnc(Nc3ccc(N4C=C(C)N[C@@H](C)C4)c(C)c3)nc2)c(Cl)c(OC)c1. The maximum Gasteiger partial charge on any atom is 0.251 e. The lowest BCUT2D eigenvalue weighted by atomic mass is 10.1. The number of hydrogen-bond donors (Lipinski definition) is 3. The molecule has 2 heterocycles. The van der Waals surface area contributed by atoms with Crippen LogP contribution < -0.4 is 30.3 Å². The fourth-order valence-corrected chi connectivity index (χ4v) is 4.45. The van der Waals surface area contributed by atoms with Crippen LogP contribution in [0.4, 0.5) is 17.3 Å². The van der Waals surface area contributed by atoms with E-state index in [4.69, 9.17) is 21.1 Å². The third-order valence-corrected chi connectivity index (χ3v) is 6.33. The summed E-state index contributed by atoms with van der Waals surface area (Å²) in [7, 11) is 3.06. The first-order valence-electron chi connectivity index (χ1n) is 11.9. The molecule has 194 valence electrons. The van der Waals surface area contributed by atoms with Crippen molar-refractivity contribution in [3.63, 3.8) is 0 Å².